The molecule has 1 aromatic heterocycles. The van der Waals surface area contributed by atoms with E-state index in [1.807, 2.05) is 31.5 Å². The van der Waals surface area contributed by atoms with Crippen LogP contribution in [0.2, 0.25) is 0 Å². The fourth-order valence-corrected chi connectivity index (χ4v) is 3.04. The second-order valence-corrected chi connectivity index (χ2v) is 6.59. The molecular formula is C17H29N5O3. The summed E-state index contributed by atoms with van der Waals surface area (Å²) in [7, 11) is 0. The Morgan fingerprint density at radius 2 is 2.04 bits per heavy atom. The molecule has 3 amide bonds. The monoisotopic (exact) mass is 351 g/mol. The molecule has 1 unspecified atom stereocenters. The maximum atomic E-state index is 12.2. The topological polar surface area (TPSA) is 88.5 Å². The van der Waals surface area contributed by atoms with Crippen LogP contribution in [0.15, 0.2) is 6.07 Å². The third-order valence-corrected chi connectivity index (χ3v) is 4.28. The number of nitrogens with zero attached hydrogens (tertiary/aromatic N) is 3. The lowest BCUT2D eigenvalue weighted by Crippen LogP contribution is -2.51. The van der Waals surface area contributed by atoms with Gasteiger partial charge in [-0.05, 0) is 46.6 Å². The lowest BCUT2D eigenvalue weighted by atomic mass is 10.1. The smallest absolute Gasteiger partial charge is 0.409 e. The molecule has 140 valence electrons. The zero-order chi connectivity index (χ0) is 18.4. The highest BCUT2D eigenvalue weighted by molar-refractivity contribution is 5.74. The highest BCUT2D eigenvalue weighted by atomic mass is 16.6. The molecule has 8 nitrogen and oxygen atoms in total. The Balaban J connectivity index is 1.72. The van der Waals surface area contributed by atoms with Crippen LogP contribution < -0.4 is 10.6 Å². The molecule has 1 fully saturated rings. The fraction of sp³-hybridized carbons (Fsp3) is 0.706. The molecule has 0 radical (unpaired) electrons. The lowest BCUT2D eigenvalue weighted by molar-refractivity contribution is 0.0957. The van der Waals surface area contributed by atoms with Gasteiger partial charge in [0.1, 0.15) is 0 Å². The summed E-state index contributed by atoms with van der Waals surface area (Å²) in [6.07, 6.45) is 1.19. The van der Waals surface area contributed by atoms with Crippen LogP contribution in [0.5, 0.6) is 0 Å². The molecule has 1 aromatic rings. The summed E-state index contributed by atoms with van der Waals surface area (Å²) in [5.41, 5.74) is 2.06. The van der Waals surface area contributed by atoms with E-state index < -0.39 is 0 Å². The van der Waals surface area contributed by atoms with E-state index in [1.165, 1.54) is 0 Å². The van der Waals surface area contributed by atoms with Crippen molar-refractivity contribution in [3.05, 3.63) is 17.5 Å². The Hall–Kier alpha value is -2.25. The summed E-state index contributed by atoms with van der Waals surface area (Å²) in [4.78, 5) is 25.5. The first-order valence-electron chi connectivity index (χ1n) is 8.88. The minimum Gasteiger partial charge on any atom is -0.450 e. The summed E-state index contributed by atoms with van der Waals surface area (Å²) in [5.74, 6) is 0. The number of urea groups is 1. The number of hydrogen-bond donors (Lipinski definition) is 2. The number of carbonyl (C=O) groups is 2. The third-order valence-electron chi connectivity index (χ3n) is 4.28. The van der Waals surface area contributed by atoms with Crippen molar-refractivity contribution >= 4 is 12.1 Å². The molecule has 25 heavy (non-hydrogen) atoms. The van der Waals surface area contributed by atoms with Crippen molar-refractivity contribution in [3.63, 3.8) is 0 Å². The summed E-state index contributed by atoms with van der Waals surface area (Å²) in [6, 6.07) is 1.89. The van der Waals surface area contributed by atoms with Gasteiger partial charge in [0.25, 0.3) is 0 Å². The normalized spacial score (nSPS) is 16.4. The molecule has 2 heterocycles. The Morgan fingerprint density at radius 1 is 1.36 bits per heavy atom. The van der Waals surface area contributed by atoms with Gasteiger partial charge >= 0.3 is 12.1 Å². The van der Waals surface area contributed by atoms with Crippen molar-refractivity contribution in [1.29, 1.82) is 0 Å². The summed E-state index contributed by atoms with van der Waals surface area (Å²) >= 11 is 0. The molecule has 1 aliphatic rings. The Bertz CT molecular complexity index is 593. The van der Waals surface area contributed by atoms with Crippen LogP contribution in [0.3, 0.4) is 0 Å². The van der Waals surface area contributed by atoms with Crippen molar-refractivity contribution in [2.75, 3.05) is 19.7 Å². The van der Waals surface area contributed by atoms with E-state index in [0.717, 1.165) is 24.2 Å². The number of rotatable bonds is 5. The van der Waals surface area contributed by atoms with Crippen LogP contribution in [0.1, 0.15) is 38.1 Å². The molecular weight excluding hydrogens is 322 g/mol. The first-order chi connectivity index (χ1) is 11.9. The second-order valence-electron chi connectivity index (χ2n) is 6.59. The van der Waals surface area contributed by atoms with Crippen LogP contribution in [0.4, 0.5) is 9.59 Å². The number of ether oxygens (including phenoxy) is 1. The van der Waals surface area contributed by atoms with Gasteiger partial charge in [-0.2, -0.15) is 5.10 Å². The third kappa shape index (κ3) is 5.65. The van der Waals surface area contributed by atoms with Gasteiger partial charge in [-0.15, -0.1) is 0 Å². The van der Waals surface area contributed by atoms with Crippen LogP contribution in [-0.2, 0) is 11.3 Å². The molecule has 1 saturated heterocycles. The number of hydrogen-bond acceptors (Lipinski definition) is 4. The Morgan fingerprint density at radius 3 is 2.60 bits per heavy atom. The van der Waals surface area contributed by atoms with Crippen molar-refractivity contribution in [3.8, 4) is 0 Å². The highest BCUT2D eigenvalue weighted by Gasteiger charge is 2.24. The number of piperidine rings is 1. The number of nitrogens with one attached hydrogen (secondary N) is 2. The second kappa shape index (κ2) is 8.73. The largest absolute Gasteiger partial charge is 0.450 e. The zero-order valence-corrected chi connectivity index (χ0v) is 15.5. The number of aryl methyl sites for hydroxylation is 2. The molecule has 8 heteroatoms. The van der Waals surface area contributed by atoms with E-state index in [0.29, 0.717) is 26.2 Å². The molecule has 1 aliphatic heterocycles. The average Bonchev–Trinajstić information content (AvgIpc) is 2.85. The minimum absolute atomic E-state index is 0.0300. The van der Waals surface area contributed by atoms with E-state index in [2.05, 4.69) is 15.7 Å². The van der Waals surface area contributed by atoms with Crippen LogP contribution in [0, 0.1) is 13.8 Å². The first-order valence-corrected chi connectivity index (χ1v) is 8.88. The summed E-state index contributed by atoms with van der Waals surface area (Å²) in [6.45, 7) is 9.93. The lowest BCUT2D eigenvalue weighted by Gasteiger charge is -2.31. The van der Waals surface area contributed by atoms with Gasteiger partial charge in [-0.25, -0.2) is 9.59 Å². The number of aromatic nitrogens is 2. The first kappa shape index (κ1) is 19.1. The van der Waals surface area contributed by atoms with Gasteiger partial charge in [-0.3, -0.25) is 4.68 Å². The number of likely N-dealkylation sites (tertiary alicyclic amines) is 1. The molecule has 0 saturated carbocycles. The maximum Gasteiger partial charge on any atom is 0.409 e. The fourth-order valence-electron chi connectivity index (χ4n) is 3.04. The van der Waals surface area contributed by atoms with Gasteiger partial charge in [-0.1, -0.05) is 0 Å². The maximum absolute atomic E-state index is 12.2. The summed E-state index contributed by atoms with van der Waals surface area (Å²) < 4.78 is 6.90. The van der Waals surface area contributed by atoms with E-state index in [4.69, 9.17) is 4.74 Å². The zero-order valence-electron chi connectivity index (χ0n) is 15.5. The molecule has 0 aromatic carbocycles. The van der Waals surface area contributed by atoms with Gasteiger partial charge in [0.2, 0.25) is 0 Å². The number of carbonyl (C=O) groups excluding carboxylic acids is 2. The van der Waals surface area contributed by atoms with E-state index in [-0.39, 0.29) is 24.2 Å². The van der Waals surface area contributed by atoms with Crippen molar-refractivity contribution in [2.24, 2.45) is 0 Å². The van der Waals surface area contributed by atoms with Gasteiger partial charge in [0, 0.05) is 30.9 Å². The van der Waals surface area contributed by atoms with Gasteiger partial charge in [0.15, 0.2) is 0 Å². The number of amides is 3. The quantitative estimate of drug-likeness (QED) is 0.847. The molecule has 0 aliphatic carbocycles. The minimum atomic E-state index is -0.274. The van der Waals surface area contributed by atoms with Crippen LogP contribution in [-0.4, -0.2) is 58.6 Å². The Kier molecular flexibility index (Phi) is 6.66. The van der Waals surface area contributed by atoms with Crippen LogP contribution in [0.25, 0.3) is 0 Å². The van der Waals surface area contributed by atoms with Gasteiger partial charge in [0.05, 0.1) is 18.8 Å². The van der Waals surface area contributed by atoms with E-state index >= 15 is 0 Å². The molecule has 0 spiro atoms. The summed E-state index contributed by atoms with van der Waals surface area (Å²) in [5, 5.41) is 10.3. The molecule has 1 atom stereocenters. The van der Waals surface area contributed by atoms with Gasteiger partial charge < -0.3 is 20.3 Å². The predicted octanol–water partition coefficient (Wildman–Crippen LogP) is 1.81. The van der Waals surface area contributed by atoms with E-state index in [1.54, 1.807) is 11.8 Å². The standard InChI is InChI=1S/C17H29N5O3/c1-5-25-17(24)21-8-6-15(7-9-21)19-16(23)18-13(3)11-22-14(4)10-12(2)20-22/h10,13,15H,5-9,11H2,1-4H3,(H2,18,19,23). The SMILES string of the molecule is CCOC(=O)N1CCC(NC(=O)NC(C)Cn2nc(C)cc2C)CC1. The van der Waals surface area contributed by atoms with Crippen molar-refractivity contribution in [2.45, 2.75) is 59.2 Å². The average molecular weight is 351 g/mol. The molecule has 2 N–H and O–H groups in total. The predicted molar refractivity (Wildman–Crippen MR) is 94.4 cm³/mol. The van der Waals surface area contributed by atoms with Crippen LogP contribution >= 0.6 is 0 Å². The molecule has 0 bridgehead atoms. The van der Waals surface area contributed by atoms with Crippen molar-refractivity contribution < 1.29 is 14.3 Å². The van der Waals surface area contributed by atoms with E-state index in [9.17, 15) is 9.59 Å². The molecule has 2 rings (SSSR count). The highest BCUT2D eigenvalue weighted by Crippen LogP contribution is 2.11. The van der Waals surface area contributed by atoms with Crippen molar-refractivity contribution in [1.82, 2.24) is 25.3 Å². The Labute approximate surface area is 148 Å².